The van der Waals surface area contributed by atoms with E-state index in [0.29, 0.717) is 18.0 Å². The van der Waals surface area contributed by atoms with Crippen molar-refractivity contribution in [3.63, 3.8) is 0 Å². The third-order valence-corrected chi connectivity index (χ3v) is 4.19. The third-order valence-electron chi connectivity index (χ3n) is 4.19. The molecule has 3 aromatic rings. The number of nitrogens with one attached hydrogen (secondary N) is 2. The molecule has 0 fully saturated rings. The summed E-state index contributed by atoms with van der Waals surface area (Å²) in [6.07, 6.45) is -3.32. The minimum absolute atomic E-state index is 0.122. The number of hydrogen-bond donors (Lipinski definition) is 2. The number of esters is 1. The zero-order chi connectivity index (χ0) is 23.0. The number of para-hydroxylation sites is 2. The lowest BCUT2D eigenvalue weighted by Gasteiger charge is -2.14. The number of anilines is 1. The van der Waals surface area contributed by atoms with E-state index in [4.69, 9.17) is 9.15 Å². The number of amides is 1. The second kappa shape index (κ2) is 10.4. The number of halogens is 3. The second-order valence-corrected chi connectivity index (χ2v) is 6.49. The molecule has 10 heteroatoms. The Kier molecular flexibility index (Phi) is 7.37. The standard InChI is InChI=1S/C22H19F3N2O5/c23-22(24,25)32-19-10-4-1-6-15(19)12-27-20(28)14-31-21(29)17-8-2-3-9-18(17)26-13-16-7-5-11-30-16/h1-11,26H,12-14H2,(H,27,28). The summed E-state index contributed by atoms with van der Waals surface area (Å²) >= 11 is 0. The fourth-order valence-corrected chi connectivity index (χ4v) is 2.74. The van der Waals surface area contributed by atoms with Crippen LogP contribution in [0.25, 0.3) is 0 Å². The van der Waals surface area contributed by atoms with E-state index in [0.717, 1.165) is 6.07 Å². The van der Waals surface area contributed by atoms with E-state index in [1.165, 1.54) is 30.5 Å². The molecule has 2 aromatic carbocycles. The summed E-state index contributed by atoms with van der Waals surface area (Å²) < 4.78 is 51.6. The zero-order valence-corrected chi connectivity index (χ0v) is 16.6. The van der Waals surface area contributed by atoms with Gasteiger partial charge in [0.05, 0.1) is 18.4 Å². The Bertz CT molecular complexity index is 1050. The molecule has 0 aliphatic heterocycles. The highest BCUT2D eigenvalue weighted by Gasteiger charge is 2.32. The fourth-order valence-electron chi connectivity index (χ4n) is 2.74. The Morgan fingerprint density at radius 3 is 2.44 bits per heavy atom. The first kappa shape index (κ1) is 22.7. The molecule has 3 rings (SSSR count). The average Bonchev–Trinajstić information content (AvgIpc) is 3.28. The third kappa shape index (κ3) is 6.79. The lowest BCUT2D eigenvalue weighted by molar-refractivity contribution is -0.274. The van der Waals surface area contributed by atoms with Gasteiger partial charge in [0.25, 0.3) is 5.91 Å². The maximum absolute atomic E-state index is 12.5. The molecule has 0 radical (unpaired) electrons. The molecule has 0 saturated carbocycles. The van der Waals surface area contributed by atoms with Crippen LogP contribution in [0, 0.1) is 0 Å². The Labute approximate surface area is 181 Å². The zero-order valence-electron chi connectivity index (χ0n) is 16.6. The molecule has 168 valence electrons. The van der Waals surface area contributed by atoms with Crippen molar-refractivity contribution in [1.29, 1.82) is 0 Å². The predicted octanol–water partition coefficient (Wildman–Crippen LogP) is 4.26. The van der Waals surface area contributed by atoms with Crippen molar-refractivity contribution in [2.45, 2.75) is 19.5 Å². The SMILES string of the molecule is O=C(COC(=O)c1ccccc1NCc1ccco1)NCc1ccccc1OC(F)(F)F. The van der Waals surface area contributed by atoms with Crippen molar-refractivity contribution >= 4 is 17.6 Å². The maximum atomic E-state index is 12.5. The minimum atomic E-state index is -4.85. The molecular formula is C22H19F3N2O5. The van der Waals surface area contributed by atoms with E-state index in [1.807, 2.05) is 0 Å². The van der Waals surface area contributed by atoms with Gasteiger partial charge in [-0.3, -0.25) is 4.79 Å². The molecule has 32 heavy (non-hydrogen) atoms. The van der Waals surface area contributed by atoms with Gasteiger partial charge in [0.1, 0.15) is 11.5 Å². The number of rotatable bonds is 9. The van der Waals surface area contributed by atoms with Crippen molar-refractivity contribution in [3.8, 4) is 5.75 Å². The van der Waals surface area contributed by atoms with E-state index in [1.54, 1.807) is 30.3 Å². The van der Waals surface area contributed by atoms with Crippen LogP contribution in [0.2, 0.25) is 0 Å². The summed E-state index contributed by atoms with van der Waals surface area (Å²) in [6, 6.07) is 15.5. The largest absolute Gasteiger partial charge is 0.573 e. The number of benzene rings is 2. The lowest BCUT2D eigenvalue weighted by atomic mass is 10.2. The molecule has 0 bridgehead atoms. The van der Waals surface area contributed by atoms with Crippen molar-refractivity contribution in [3.05, 3.63) is 83.8 Å². The second-order valence-electron chi connectivity index (χ2n) is 6.49. The molecule has 1 amide bonds. The fraction of sp³-hybridized carbons (Fsp3) is 0.182. The van der Waals surface area contributed by atoms with Gasteiger partial charge in [0.2, 0.25) is 0 Å². The summed E-state index contributed by atoms with van der Waals surface area (Å²) in [5.74, 6) is -1.17. The van der Waals surface area contributed by atoms with Gasteiger partial charge in [-0.05, 0) is 30.3 Å². The number of alkyl halides is 3. The van der Waals surface area contributed by atoms with Crippen LogP contribution in [0.4, 0.5) is 18.9 Å². The number of hydrogen-bond acceptors (Lipinski definition) is 6. The van der Waals surface area contributed by atoms with Crippen molar-refractivity contribution < 1.29 is 36.7 Å². The van der Waals surface area contributed by atoms with Crippen molar-refractivity contribution in [1.82, 2.24) is 5.32 Å². The highest BCUT2D eigenvalue weighted by atomic mass is 19.4. The van der Waals surface area contributed by atoms with E-state index >= 15 is 0 Å². The van der Waals surface area contributed by atoms with Crippen LogP contribution in [0.5, 0.6) is 5.75 Å². The van der Waals surface area contributed by atoms with Crippen LogP contribution in [0.15, 0.2) is 71.3 Å². The van der Waals surface area contributed by atoms with Crippen LogP contribution < -0.4 is 15.4 Å². The number of carbonyl (C=O) groups is 2. The molecule has 0 spiro atoms. The maximum Gasteiger partial charge on any atom is 0.573 e. The van der Waals surface area contributed by atoms with Crippen molar-refractivity contribution in [2.24, 2.45) is 0 Å². The molecule has 1 aromatic heterocycles. The first-order valence-electron chi connectivity index (χ1n) is 9.44. The minimum Gasteiger partial charge on any atom is -0.467 e. The molecule has 1 heterocycles. The van der Waals surface area contributed by atoms with Crippen LogP contribution >= 0.6 is 0 Å². The first-order chi connectivity index (χ1) is 15.3. The van der Waals surface area contributed by atoms with Crippen LogP contribution in [-0.2, 0) is 22.6 Å². The summed E-state index contributed by atoms with van der Waals surface area (Å²) in [5.41, 5.74) is 0.834. The Balaban J connectivity index is 1.52. The first-order valence-corrected chi connectivity index (χ1v) is 9.44. The molecule has 7 nitrogen and oxygen atoms in total. The Morgan fingerprint density at radius 1 is 0.938 bits per heavy atom. The van der Waals surface area contributed by atoms with Crippen LogP contribution in [-0.4, -0.2) is 24.8 Å². The molecule has 2 N–H and O–H groups in total. The molecule has 0 unspecified atom stereocenters. The van der Waals surface area contributed by atoms with E-state index in [2.05, 4.69) is 15.4 Å². The van der Waals surface area contributed by atoms with E-state index < -0.39 is 30.6 Å². The van der Waals surface area contributed by atoms with Gasteiger partial charge in [-0.2, -0.15) is 0 Å². The normalized spacial score (nSPS) is 11.0. The van der Waals surface area contributed by atoms with Crippen LogP contribution in [0.3, 0.4) is 0 Å². The van der Waals surface area contributed by atoms with Gasteiger partial charge >= 0.3 is 12.3 Å². The highest BCUT2D eigenvalue weighted by molar-refractivity contribution is 5.96. The Hall–Kier alpha value is -3.95. The number of carbonyl (C=O) groups excluding carboxylic acids is 2. The molecule has 0 atom stereocenters. The smallest absolute Gasteiger partial charge is 0.467 e. The Morgan fingerprint density at radius 2 is 1.69 bits per heavy atom. The van der Waals surface area contributed by atoms with Gasteiger partial charge < -0.3 is 24.5 Å². The summed E-state index contributed by atoms with van der Waals surface area (Å²) in [4.78, 5) is 24.4. The summed E-state index contributed by atoms with van der Waals surface area (Å²) in [6.45, 7) is -0.491. The lowest BCUT2D eigenvalue weighted by Crippen LogP contribution is -2.29. The van der Waals surface area contributed by atoms with Gasteiger partial charge in [-0.1, -0.05) is 30.3 Å². The summed E-state index contributed by atoms with van der Waals surface area (Å²) in [7, 11) is 0. The summed E-state index contributed by atoms with van der Waals surface area (Å²) in [5, 5.41) is 5.45. The van der Waals surface area contributed by atoms with Gasteiger partial charge in [0, 0.05) is 17.8 Å². The molecule has 0 saturated heterocycles. The number of ether oxygens (including phenoxy) is 2. The molecular weight excluding hydrogens is 429 g/mol. The topological polar surface area (TPSA) is 89.8 Å². The average molecular weight is 448 g/mol. The quantitative estimate of drug-likeness (QED) is 0.476. The molecule has 0 aliphatic rings. The predicted molar refractivity (Wildman–Crippen MR) is 108 cm³/mol. The monoisotopic (exact) mass is 448 g/mol. The van der Waals surface area contributed by atoms with E-state index in [-0.39, 0.29) is 17.7 Å². The van der Waals surface area contributed by atoms with Gasteiger partial charge in [-0.25, -0.2) is 4.79 Å². The van der Waals surface area contributed by atoms with Crippen molar-refractivity contribution in [2.75, 3.05) is 11.9 Å². The van der Waals surface area contributed by atoms with Gasteiger partial charge in [0.15, 0.2) is 6.61 Å². The van der Waals surface area contributed by atoms with E-state index in [9.17, 15) is 22.8 Å². The molecule has 0 aliphatic carbocycles. The highest BCUT2D eigenvalue weighted by Crippen LogP contribution is 2.26. The van der Waals surface area contributed by atoms with Crippen LogP contribution in [0.1, 0.15) is 21.7 Å². The van der Waals surface area contributed by atoms with Gasteiger partial charge in [-0.15, -0.1) is 13.2 Å². The number of furan rings is 1.